The van der Waals surface area contributed by atoms with Gasteiger partial charge in [-0.1, -0.05) is 0 Å². The molecule has 0 fully saturated rings. The van der Waals surface area contributed by atoms with E-state index in [-0.39, 0.29) is 0 Å². The highest BCUT2D eigenvalue weighted by Crippen LogP contribution is 2.16. The lowest BCUT2D eigenvalue weighted by atomic mass is 9.82. The topological polar surface area (TPSA) is 53.4 Å². The molecule has 0 unspecified atom stereocenters. The standard InChI is InChI=1S/C7H6BNO2S/c10-8(11)5-3-7-6(9-4-5)1-2-12-7/h1-4,10-11H. The molecule has 0 aliphatic carbocycles. The quantitative estimate of drug-likeness (QED) is 0.604. The highest BCUT2D eigenvalue weighted by Gasteiger charge is 2.11. The van der Waals surface area contributed by atoms with Crippen molar-refractivity contribution in [2.24, 2.45) is 0 Å². The summed E-state index contributed by atoms with van der Waals surface area (Å²) in [6.07, 6.45) is 1.47. The Morgan fingerprint density at radius 1 is 1.42 bits per heavy atom. The molecule has 2 aromatic rings. The Bertz CT molecular complexity index is 401. The number of fused-ring (bicyclic) bond motifs is 1. The molecule has 0 saturated carbocycles. The molecule has 12 heavy (non-hydrogen) atoms. The summed E-state index contributed by atoms with van der Waals surface area (Å²) >= 11 is 1.53. The summed E-state index contributed by atoms with van der Waals surface area (Å²) < 4.78 is 0.973. The third-order valence-corrected chi connectivity index (χ3v) is 2.48. The Kier molecular flexibility index (Phi) is 1.84. The van der Waals surface area contributed by atoms with E-state index < -0.39 is 7.12 Å². The van der Waals surface area contributed by atoms with Gasteiger partial charge in [-0.15, -0.1) is 11.3 Å². The molecule has 5 heteroatoms. The van der Waals surface area contributed by atoms with Crippen LogP contribution in [0, 0.1) is 0 Å². The molecule has 0 saturated heterocycles. The SMILES string of the molecule is OB(O)c1cnc2ccsc2c1. The summed E-state index contributed by atoms with van der Waals surface area (Å²) in [6.45, 7) is 0. The number of pyridine rings is 1. The molecule has 0 amide bonds. The molecule has 2 rings (SSSR count). The van der Waals surface area contributed by atoms with Crippen LogP contribution in [0.3, 0.4) is 0 Å². The van der Waals surface area contributed by atoms with Crippen molar-refractivity contribution in [3.05, 3.63) is 23.7 Å². The average Bonchev–Trinajstić information content (AvgIpc) is 2.49. The molecule has 0 atom stereocenters. The molecule has 2 N–H and O–H groups in total. The fourth-order valence-corrected chi connectivity index (χ4v) is 1.79. The molecule has 0 aliphatic heterocycles. The van der Waals surface area contributed by atoms with Crippen molar-refractivity contribution in [3.8, 4) is 0 Å². The van der Waals surface area contributed by atoms with Crippen molar-refractivity contribution < 1.29 is 10.0 Å². The van der Waals surface area contributed by atoms with Gasteiger partial charge in [0.05, 0.1) is 10.2 Å². The number of hydrogen-bond acceptors (Lipinski definition) is 4. The van der Waals surface area contributed by atoms with Gasteiger partial charge >= 0.3 is 7.12 Å². The molecule has 0 aromatic carbocycles. The van der Waals surface area contributed by atoms with E-state index >= 15 is 0 Å². The Hall–Kier alpha value is -0.905. The number of nitrogens with zero attached hydrogens (tertiary/aromatic N) is 1. The molecular formula is C7H6BNO2S. The Balaban J connectivity index is 2.60. The van der Waals surface area contributed by atoms with Crippen LogP contribution in [-0.2, 0) is 0 Å². The number of hydrogen-bond donors (Lipinski definition) is 2. The maximum atomic E-state index is 8.84. The second kappa shape index (κ2) is 2.86. The number of thiophene rings is 1. The van der Waals surface area contributed by atoms with E-state index in [0.29, 0.717) is 5.46 Å². The second-order valence-electron chi connectivity index (χ2n) is 2.45. The van der Waals surface area contributed by atoms with Gasteiger partial charge in [0.25, 0.3) is 0 Å². The van der Waals surface area contributed by atoms with Gasteiger partial charge in [-0.05, 0) is 17.5 Å². The van der Waals surface area contributed by atoms with Gasteiger partial charge in [-0.2, -0.15) is 0 Å². The van der Waals surface area contributed by atoms with Crippen molar-refractivity contribution in [1.29, 1.82) is 0 Å². The van der Waals surface area contributed by atoms with Gasteiger partial charge in [0.15, 0.2) is 0 Å². The van der Waals surface area contributed by atoms with Gasteiger partial charge in [0.1, 0.15) is 0 Å². The third-order valence-electron chi connectivity index (χ3n) is 1.62. The van der Waals surface area contributed by atoms with Gasteiger partial charge in [-0.25, -0.2) is 0 Å². The number of rotatable bonds is 1. The van der Waals surface area contributed by atoms with Crippen LogP contribution in [0.5, 0.6) is 0 Å². The van der Waals surface area contributed by atoms with Gasteiger partial charge in [0.2, 0.25) is 0 Å². The lowest BCUT2D eigenvalue weighted by Gasteiger charge is -1.96. The van der Waals surface area contributed by atoms with Crippen LogP contribution < -0.4 is 5.46 Å². The van der Waals surface area contributed by atoms with Crippen molar-refractivity contribution >= 4 is 34.1 Å². The predicted molar refractivity (Wildman–Crippen MR) is 49.4 cm³/mol. The monoisotopic (exact) mass is 179 g/mol. The van der Waals surface area contributed by atoms with E-state index in [0.717, 1.165) is 10.2 Å². The normalized spacial score (nSPS) is 10.5. The Morgan fingerprint density at radius 2 is 2.25 bits per heavy atom. The Labute approximate surface area is 73.5 Å². The molecule has 2 heterocycles. The van der Waals surface area contributed by atoms with Crippen LogP contribution in [0.2, 0.25) is 0 Å². The number of aromatic nitrogens is 1. The first-order valence-electron chi connectivity index (χ1n) is 3.46. The van der Waals surface area contributed by atoms with Crippen molar-refractivity contribution in [2.75, 3.05) is 0 Å². The fraction of sp³-hybridized carbons (Fsp3) is 0. The third kappa shape index (κ3) is 1.22. The Morgan fingerprint density at radius 3 is 3.00 bits per heavy atom. The van der Waals surface area contributed by atoms with E-state index in [1.54, 1.807) is 6.07 Å². The molecule has 2 aromatic heterocycles. The van der Waals surface area contributed by atoms with E-state index in [2.05, 4.69) is 4.98 Å². The minimum Gasteiger partial charge on any atom is -0.423 e. The summed E-state index contributed by atoms with van der Waals surface area (Å²) in [5.41, 5.74) is 1.33. The van der Waals surface area contributed by atoms with E-state index in [1.165, 1.54) is 17.5 Å². The zero-order valence-electron chi connectivity index (χ0n) is 6.14. The van der Waals surface area contributed by atoms with E-state index in [9.17, 15) is 0 Å². The lowest BCUT2D eigenvalue weighted by Crippen LogP contribution is -2.29. The van der Waals surface area contributed by atoms with Crippen LogP contribution in [0.15, 0.2) is 23.7 Å². The first-order valence-corrected chi connectivity index (χ1v) is 4.34. The summed E-state index contributed by atoms with van der Waals surface area (Å²) in [4.78, 5) is 4.05. The molecule has 0 radical (unpaired) electrons. The molecule has 60 valence electrons. The highest BCUT2D eigenvalue weighted by atomic mass is 32.1. The van der Waals surface area contributed by atoms with E-state index in [4.69, 9.17) is 10.0 Å². The first-order chi connectivity index (χ1) is 5.77. The average molecular weight is 179 g/mol. The van der Waals surface area contributed by atoms with Crippen LogP contribution in [0.1, 0.15) is 0 Å². The van der Waals surface area contributed by atoms with E-state index in [1.807, 2.05) is 11.4 Å². The highest BCUT2D eigenvalue weighted by molar-refractivity contribution is 7.17. The van der Waals surface area contributed by atoms with Crippen molar-refractivity contribution in [3.63, 3.8) is 0 Å². The molecular weight excluding hydrogens is 173 g/mol. The van der Waals surface area contributed by atoms with Crippen LogP contribution >= 0.6 is 11.3 Å². The molecule has 0 bridgehead atoms. The molecule has 0 aliphatic rings. The zero-order valence-corrected chi connectivity index (χ0v) is 6.95. The molecule has 0 spiro atoms. The van der Waals surface area contributed by atoms with Gasteiger partial charge in [0, 0.05) is 11.7 Å². The van der Waals surface area contributed by atoms with Gasteiger partial charge < -0.3 is 10.0 Å². The van der Waals surface area contributed by atoms with Crippen molar-refractivity contribution in [1.82, 2.24) is 4.98 Å². The van der Waals surface area contributed by atoms with Crippen LogP contribution in [0.4, 0.5) is 0 Å². The van der Waals surface area contributed by atoms with Crippen LogP contribution in [-0.4, -0.2) is 22.2 Å². The first kappa shape index (κ1) is 7.73. The lowest BCUT2D eigenvalue weighted by molar-refractivity contribution is 0.425. The van der Waals surface area contributed by atoms with Crippen molar-refractivity contribution in [2.45, 2.75) is 0 Å². The zero-order chi connectivity index (χ0) is 8.55. The molecule has 3 nitrogen and oxygen atoms in total. The summed E-state index contributed by atoms with van der Waals surface area (Å²) in [5.74, 6) is 0. The maximum Gasteiger partial charge on any atom is 0.490 e. The largest absolute Gasteiger partial charge is 0.490 e. The maximum absolute atomic E-state index is 8.84. The minimum atomic E-state index is -1.43. The fourth-order valence-electron chi connectivity index (χ4n) is 1.00. The minimum absolute atomic E-state index is 0.435. The second-order valence-corrected chi connectivity index (χ2v) is 3.39. The summed E-state index contributed by atoms with van der Waals surface area (Å²) in [7, 11) is -1.43. The summed E-state index contributed by atoms with van der Waals surface area (Å²) in [5, 5.41) is 19.6. The van der Waals surface area contributed by atoms with Crippen LogP contribution in [0.25, 0.3) is 10.2 Å². The summed E-state index contributed by atoms with van der Waals surface area (Å²) in [6, 6.07) is 3.63. The smallest absolute Gasteiger partial charge is 0.423 e. The predicted octanol–water partition coefficient (Wildman–Crippen LogP) is -0.0239. The van der Waals surface area contributed by atoms with Gasteiger partial charge in [-0.3, -0.25) is 4.98 Å².